The van der Waals surface area contributed by atoms with Crippen molar-refractivity contribution in [2.24, 2.45) is 6.98 Å². The Hall–Kier alpha value is -0.813. The Morgan fingerprint density at radius 2 is 2.27 bits per heavy atom. The Balaban J connectivity index is 2.62. The maximum Gasteiger partial charge on any atom is 0.266 e. The van der Waals surface area contributed by atoms with Gasteiger partial charge in [0.2, 0.25) is 0 Å². The first-order valence-electron chi connectivity index (χ1n) is 6.48. The molecule has 0 spiro atoms. The number of aromatic nitrogens is 2. The van der Waals surface area contributed by atoms with Crippen LogP contribution >= 0.6 is 0 Å². The lowest BCUT2D eigenvalue weighted by Gasteiger charge is -2.16. The molecule has 0 aliphatic rings. The van der Waals surface area contributed by atoms with Crippen molar-refractivity contribution in [2.45, 2.75) is 32.4 Å². The van der Waals surface area contributed by atoms with Crippen molar-refractivity contribution < 1.29 is 8.85 Å². The molecule has 0 atom stereocenters. The maximum absolute atomic E-state index is 11.4. The van der Waals surface area contributed by atoms with Crippen molar-refractivity contribution in [1.29, 1.82) is 0 Å². The van der Waals surface area contributed by atoms with Gasteiger partial charge in [0.05, 0.1) is 0 Å². The normalized spacial score (nSPS) is 15.8. The topological polar surface area (TPSA) is 36.2 Å². The van der Waals surface area contributed by atoms with Crippen LogP contribution in [0.25, 0.3) is 0 Å². The van der Waals surface area contributed by atoms with Gasteiger partial charge in [-0.2, -0.15) is 0 Å². The van der Waals surface area contributed by atoms with Crippen LogP contribution in [0.1, 0.15) is 4.11 Å². The summed E-state index contributed by atoms with van der Waals surface area (Å²) >= 11 is 0. The van der Waals surface area contributed by atoms with E-state index in [1.165, 1.54) is 16.9 Å². The van der Waals surface area contributed by atoms with Gasteiger partial charge < -0.3 is 4.74 Å². The van der Waals surface area contributed by atoms with Gasteiger partial charge in [-0.05, 0) is 6.04 Å². The third-order valence-corrected chi connectivity index (χ3v) is 3.78. The predicted octanol–water partition coefficient (Wildman–Crippen LogP) is 1.50. The molecule has 1 aromatic heterocycles. The Bertz CT molecular complexity index is 445. The third kappa shape index (κ3) is 4.05. The molecule has 0 fully saturated rings. The van der Waals surface area contributed by atoms with Crippen LogP contribution in [0.2, 0.25) is 25.7 Å². The molecule has 0 unspecified atom stereocenters. The number of nitrogens with zero attached hydrogens (tertiary/aromatic N) is 2. The summed E-state index contributed by atoms with van der Waals surface area (Å²) in [6.07, 6.45) is 1.43. The molecule has 0 bridgehead atoms. The minimum absolute atomic E-state index is 0.0884. The van der Waals surface area contributed by atoms with E-state index in [1.54, 1.807) is 0 Å². The van der Waals surface area contributed by atoms with Crippen LogP contribution in [-0.2, 0) is 18.4 Å². The smallest absolute Gasteiger partial charge is 0.266 e. The van der Waals surface area contributed by atoms with Crippen molar-refractivity contribution in [3.8, 4) is 0 Å². The number of rotatable bonds is 5. The van der Waals surface area contributed by atoms with Gasteiger partial charge in [0.1, 0.15) is 6.73 Å². The summed E-state index contributed by atoms with van der Waals surface area (Å²) in [5.41, 5.74) is -0.538. The summed E-state index contributed by atoms with van der Waals surface area (Å²) in [4.78, 5) is 11.4. The molecule has 1 rings (SSSR count). The Morgan fingerprint density at radius 1 is 1.53 bits per heavy atom. The van der Waals surface area contributed by atoms with Crippen molar-refractivity contribution >= 4 is 8.07 Å². The first kappa shape index (κ1) is 8.35. The average molecular weight is 231 g/mol. The largest absolute Gasteiger partial charge is 0.360 e. The van der Waals surface area contributed by atoms with E-state index in [4.69, 9.17) is 8.85 Å². The lowest BCUT2D eigenvalue weighted by molar-refractivity contribution is 0.0703. The molecule has 0 aromatic carbocycles. The fourth-order valence-corrected chi connectivity index (χ4v) is 1.81. The van der Waals surface area contributed by atoms with Gasteiger partial charge in [-0.25, -0.2) is 0 Å². The lowest BCUT2D eigenvalue weighted by Crippen LogP contribution is -2.23. The Labute approximate surface area is 95.7 Å². The van der Waals surface area contributed by atoms with Gasteiger partial charge in [0, 0.05) is 38.0 Å². The van der Waals surface area contributed by atoms with Gasteiger partial charge in [-0.1, -0.05) is 19.6 Å². The highest BCUT2D eigenvalue weighted by Crippen LogP contribution is 2.07. The van der Waals surface area contributed by atoms with E-state index in [2.05, 4.69) is 19.6 Å². The molecule has 5 heteroatoms. The monoisotopic (exact) mass is 231 g/mol. The molecule has 0 N–H and O–H groups in total. The molecular formula is C10H20N2O2Si. The van der Waals surface area contributed by atoms with E-state index in [0.29, 0.717) is 6.61 Å². The summed E-state index contributed by atoms with van der Waals surface area (Å²) in [5.74, 6) is 0. The van der Waals surface area contributed by atoms with E-state index < -0.39 is 20.6 Å². The minimum Gasteiger partial charge on any atom is -0.360 e. The molecule has 0 amide bonds. The highest BCUT2D eigenvalue weighted by atomic mass is 28.3. The Morgan fingerprint density at radius 3 is 2.87 bits per heavy atom. The van der Waals surface area contributed by atoms with Gasteiger partial charge >= 0.3 is 0 Å². The summed E-state index contributed by atoms with van der Waals surface area (Å²) < 4.78 is 29.3. The van der Waals surface area contributed by atoms with Crippen LogP contribution in [0.5, 0.6) is 0 Å². The van der Waals surface area contributed by atoms with E-state index in [1.807, 2.05) is 0 Å². The van der Waals surface area contributed by atoms with Crippen LogP contribution in [-0.4, -0.2) is 24.0 Å². The number of hydrogen-bond acceptors (Lipinski definition) is 2. The second-order valence-electron chi connectivity index (χ2n) is 4.75. The van der Waals surface area contributed by atoms with Gasteiger partial charge in [-0.15, -0.1) is 0 Å². The standard InChI is InChI=1S/C10H20N2O2Si/c1-11-10(13)5-6-12(11)9-14-7-8-15(2,3)4/h5-6H,7-9H2,1-4H3/i1D3. The van der Waals surface area contributed by atoms with Crippen LogP contribution in [0.3, 0.4) is 0 Å². The van der Waals surface area contributed by atoms with Gasteiger partial charge in [0.15, 0.2) is 0 Å². The van der Waals surface area contributed by atoms with Crippen LogP contribution in [0, 0.1) is 0 Å². The van der Waals surface area contributed by atoms with E-state index in [-0.39, 0.29) is 6.73 Å². The predicted molar refractivity (Wildman–Crippen MR) is 63.8 cm³/mol. The number of ether oxygens (including phenoxy) is 1. The molecule has 15 heavy (non-hydrogen) atoms. The van der Waals surface area contributed by atoms with E-state index in [9.17, 15) is 4.79 Å². The van der Waals surface area contributed by atoms with Crippen LogP contribution in [0.4, 0.5) is 0 Å². The van der Waals surface area contributed by atoms with Crippen LogP contribution in [0.15, 0.2) is 17.1 Å². The molecule has 0 aliphatic carbocycles. The summed E-state index contributed by atoms with van der Waals surface area (Å²) in [6, 6.07) is 2.24. The maximum atomic E-state index is 11.4. The van der Waals surface area contributed by atoms with E-state index >= 15 is 0 Å². The molecule has 1 heterocycles. The average Bonchev–Trinajstić information content (AvgIpc) is 2.52. The fourth-order valence-electron chi connectivity index (χ4n) is 1.05. The Kier molecular flexibility index (Phi) is 2.68. The quantitative estimate of drug-likeness (QED) is 0.569. The molecular weight excluding hydrogens is 208 g/mol. The third-order valence-electron chi connectivity index (χ3n) is 2.07. The van der Waals surface area contributed by atoms with Crippen molar-refractivity contribution in [1.82, 2.24) is 9.36 Å². The highest BCUT2D eigenvalue weighted by molar-refractivity contribution is 6.76. The zero-order chi connectivity index (χ0) is 14.0. The first-order valence-corrected chi connectivity index (χ1v) is 8.69. The zero-order valence-electron chi connectivity index (χ0n) is 12.5. The first-order chi connectivity index (χ1) is 8.11. The molecule has 0 saturated heterocycles. The van der Waals surface area contributed by atoms with Crippen molar-refractivity contribution in [2.75, 3.05) is 6.61 Å². The molecule has 86 valence electrons. The summed E-state index contributed by atoms with van der Waals surface area (Å²) in [7, 11) is -1.15. The summed E-state index contributed by atoms with van der Waals surface area (Å²) in [5, 5.41) is 0. The second-order valence-corrected chi connectivity index (χ2v) is 10.4. The molecule has 4 nitrogen and oxygen atoms in total. The highest BCUT2D eigenvalue weighted by Gasteiger charge is 2.11. The molecule has 0 saturated carbocycles. The van der Waals surface area contributed by atoms with Gasteiger partial charge in [-0.3, -0.25) is 14.2 Å². The van der Waals surface area contributed by atoms with E-state index in [0.717, 1.165) is 10.7 Å². The summed E-state index contributed by atoms with van der Waals surface area (Å²) in [6.45, 7) is 4.93. The SMILES string of the molecule is [2H]C([2H])([2H])n1c(=O)ccn1COCC[Si](C)(C)C. The number of hydrogen-bond donors (Lipinski definition) is 0. The molecule has 0 aliphatic heterocycles. The molecule has 0 radical (unpaired) electrons. The fraction of sp³-hybridized carbons (Fsp3) is 0.700. The second kappa shape index (κ2) is 4.81. The van der Waals surface area contributed by atoms with Crippen molar-refractivity contribution in [3.05, 3.63) is 22.6 Å². The van der Waals surface area contributed by atoms with Crippen molar-refractivity contribution in [3.63, 3.8) is 0 Å². The van der Waals surface area contributed by atoms with Gasteiger partial charge in [0.25, 0.3) is 5.56 Å². The minimum atomic E-state index is -2.47. The molecule has 1 aromatic rings. The lowest BCUT2D eigenvalue weighted by atomic mass is 10.7. The zero-order valence-corrected chi connectivity index (χ0v) is 10.5. The van der Waals surface area contributed by atoms with Crippen LogP contribution < -0.4 is 5.56 Å².